The highest BCUT2D eigenvalue weighted by Crippen LogP contribution is 2.27. The molecule has 0 radical (unpaired) electrons. The van der Waals surface area contributed by atoms with Gasteiger partial charge in [-0.25, -0.2) is 0 Å². The molecule has 2 rings (SSSR count). The van der Waals surface area contributed by atoms with E-state index in [0.717, 1.165) is 17.5 Å². The minimum atomic E-state index is -1.77. The van der Waals surface area contributed by atoms with Crippen LogP contribution in [0.3, 0.4) is 0 Å². The first-order valence-electron chi connectivity index (χ1n) is 9.40. The van der Waals surface area contributed by atoms with Crippen LogP contribution in [0.15, 0.2) is 60.7 Å². The van der Waals surface area contributed by atoms with Gasteiger partial charge in [0.15, 0.2) is 8.32 Å². The third-order valence-electron chi connectivity index (χ3n) is 4.36. The van der Waals surface area contributed by atoms with E-state index < -0.39 is 8.32 Å². The number of carbonyl (C=O) groups excluding carboxylic acids is 1. The standard InChI is InChI=1S/C22H31NO2Si/c1-6-20(18-13-9-7-10-14-18)22(24)23-17(2)21(25-26(3,4)5)19-15-11-8-12-16-19/h7-17,20-21H,6H2,1-5H3,(H,23,24)/t17-,20?,21-/m1/s1. The fourth-order valence-electron chi connectivity index (χ4n) is 3.14. The number of hydrogen-bond donors (Lipinski definition) is 1. The van der Waals surface area contributed by atoms with E-state index in [2.05, 4.69) is 44.0 Å². The van der Waals surface area contributed by atoms with Crippen molar-refractivity contribution < 1.29 is 9.22 Å². The predicted octanol–water partition coefficient (Wildman–Crippen LogP) is 5.28. The maximum absolute atomic E-state index is 12.9. The summed E-state index contributed by atoms with van der Waals surface area (Å²) in [7, 11) is -1.77. The molecule has 3 atom stereocenters. The van der Waals surface area contributed by atoms with E-state index in [1.165, 1.54) is 0 Å². The van der Waals surface area contributed by atoms with Crippen molar-refractivity contribution in [1.82, 2.24) is 5.32 Å². The monoisotopic (exact) mass is 369 g/mol. The van der Waals surface area contributed by atoms with Crippen LogP contribution in [-0.2, 0) is 9.22 Å². The second-order valence-electron chi connectivity index (χ2n) is 7.73. The molecule has 2 aromatic carbocycles. The van der Waals surface area contributed by atoms with Crippen molar-refractivity contribution in [3.05, 3.63) is 71.8 Å². The van der Waals surface area contributed by atoms with Crippen molar-refractivity contribution in [1.29, 1.82) is 0 Å². The van der Waals surface area contributed by atoms with Crippen LogP contribution < -0.4 is 5.32 Å². The smallest absolute Gasteiger partial charge is 0.227 e. The zero-order valence-electron chi connectivity index (χ0n) is 16.5. The predicted molar refractivity (Wildman–Crippen MR) is 111 cm³/mol. The third kappa shape index (κ3) is 5.82. The summed E-state index contributed by atoms with van der Waals surface area (Å²) in [6.45, 7) is 10.6. The molecule has 4 heteroatoms. The zero-order chi connectivity index (χ0) is 19.2. The van der Waals surface area contributed by atoms with E-state index in [4.69, 9.17) is 4.43 Å². The van der Waals surface area contributed by atoms with Gasteiger partial charge in [-0.2, -0.15) is 0 Å². The molecule has 1 amide bonds. The van der Waals surface area contributed by atoms with Crippen molar-refractivity contribution in [3.63, 3.8) is 0 Å². The van der Waals surface area contributed by atoms with Crippen LogP contribution in [-0.4, -0.2) is 20.3 Å². The second kappa shape index (κ2) is 9.15. The van der Waals surface area contributed by atoms with Crippen molar-refractivity contribution in [2.45, 2.75) is 58.0 Å². The molecule has 140 valence electrons. The minimum Gasteiger partial charge on any atom is -0.409 e. The number of rotatable bonds is 8. The lowest BCUT2D eigenvalue weighted by atomic mass is 9.94. The molecular formula is C22H31NO2Si. The molecule has 0 spiro atoms. The molecule has 0 saturated carbocycles. The summed E-state index contributed by atoms with van der Waals surface area (Å²) in [5, 5.41) is 3.21. The van der Waals surface area contributed by atoms with Gasteiger partial charge in [-0.15, -0.1) is 0 Å². The molecule has 3 nitrogen and oxygen atoms in total. The van der Waals surface area contributed by atoms with E-state index in [0.29, 0.717) is 0 Å². The van der Waals surface area contributed by atoms with Gasteiger partial charge in [0.25, 0.3) is 0 Å². The molecule has 0 saturated heterocycles. The topological polar surface area (TPSA) is 38.3 Å². The van der Waals surface area contributed by atoms with Crippen LogP contribution >= 0.6 is 0 Å². The maximum Gasteiger partial charge on any atom is 0.227 e. The number of carbonyl (C=O) groups is 1. The Bertz CT molecular complexity index is 682. The Kier molecular flexibility index (Phi) is 7.18. The molecule has 0 aliphatic heterocycles. The van der Waals surface area contributed by atoms with Crippen LogP contribution in [0.4, 0.5) is 0 Å². The van der Waals surface area contributed by atoms with Crippen molar-refractivity contribution in [2.75, 3.05) is 0 Å². The van der Waals surface area contributed by atoms with Gasteiger partial charge < -0.3 is 9.74 Å². The van der Waals surface area contributed by atoms with Crippen LogP contribution in [0, 0.1) is 0 Å². The van der Waals surface area contributed by atoms with Crippen molar-refractivity contribution in [2.24, 2.45) is 0 Å². The third-order valence-corrected chi connectivity index (χ3v) is 5.32. The molecule has 0 aliphatic rings. The number of hydrogen-bond acceptors (Lipinski definition) is 2. The van der Waals surface area contributed by atoms with E-state index in [1.807, 2.05) is 55.5 Å². The first-order chi connectivity index (χ1) is 12.3. The molecule has 0 fully saturated rings. The number of nitrogens with one attached hydrogen (secondary N) is 1. The Morgan fingerprint density at radius 2 is 1.46 bits per heavy atom. The molecule has 1 unspecified atom stereocenters. The quantitative estimate of drug-likeness (QED) is 0.643. The first-order valence-corrected chi connectivity index (χ1v) is 12.8. The molecule has 0 heterocycles. The average Bonchev–Trinajstić information content (AvgIpc) is 2.61. The molecule has 1 N–H and O–H groups in total. The summed E-state index contributed by atoms with van der Waals surface area (Å²) in [4.78, 5) is 12.9. The summed E-state index contributed by atoms with van der Waals surface area (Å²) in [5.41, 5.74) is 2.16. The lowest BCUT2D eigenvalue weighted by Crippen LogP contribution is -2.43. The molecule has 26 heavy (non-hydrogen) atoms. The van der Waals surface area contributed by atoms with Gasteiger partial charge >= 0.3 is 0 Å². The molecule has 2 aromatic rings. The van der Waals surface area contributed by atoms with Gasteiger partial charge in [-0.05, 0) is 44.1 Å². The van der Waals surface area contributed by atoms with Gasteiger partial charge in [0.05, 0.1) is 18.1 Å². The van der Waals surface area contributed by atoms with Crippen molar-refractivity contribution in [3.8, 4) is 0 Å². The lowest BCUT2D eigenvalue weighted by Gasteiger charge is -2.32. The van der Waals surface area contributed by atoms with Gasteiger partial charge in [0.2, 0.25) is 5.91 Å². The van der Waals surface area contributed by atoms with Crippen LogP contribution in [0.1, 0.15) is 43.4 Å². The van der Waals surface area contributed by atoms with Crippen molar-refractivity contribution >= 4 is 14.2 Å². The Hall–Kier alpha value is -1.91. The SMILES string of the molecule is CCC(C(=O)N[C@H](C)[C@@H](O[Si](C)(C)C)c1ccccc1)c1ccccc1. The Balaban J connectivity index is 2.17. The fraction of sp³-hybridized carbons (Fsp3) is 0.409. The summed E-state index contributed by atoms with van der Waals surface area (Å²) in [6, 6.07) is 20.1. The summed E-state index contributed by atoms with van der Waals surface area (Å²) < 4.78 is 6.43. The van der Waals surface area contributed by atoms with Crippen LogP contribution in [0.2, 0.25) is 19.6 Å². The maximum atomic E-state index is 12.9. The molecular weight excluding hydrogens is 338 g/mol. The largest absolute Gasteiger partial charge is 0.409 e. The minimum absolute atomic E-state index is 0.0614. The molecule has 0 aliphatic carbocycles. The molecule has 0 aromatic heterocycles. The highest BCUT2D eigenvalue weighted by molar-refractivity contribution is 6.69. The summed E-state index contributed by atoms with van der Waals surface area (Å²) >= 11 is 0. The number of benzene rings is 2. The Morgan fingerprint density at radius 3 is 1.92 bits per heavy atom. The summed E-state index contributed by atoms with van der Waals surface area (Å²) in [6.07, 6.45) is 0.632. The fourth-order valence-corrected chi connectivity index (χ4v) is 4.24. The van der Waals surface area contributed by atoms with Gasteiger partial charge in [0, 0.05) is 0 Å². The normalized spacial score (nSPS) is 15.1. The van der Waals surface area contributed by atoms with Gasteiger partial charge in [-0.3, -0.25) is 4.79 Å². The number of amides is 1. The van der Waals surface area contributed by atoms with E-state index in [1.54, 1.807) is 0 Å². The van der Waals surface area contributed by atoms with Gasteiger partial charge in [-0.1, -0.05) is 67.6 Å². The second-order valence-corrected chi connectivity index (χ2v) is 12.2. The van der Waals surface area contributed by atoms with E-state index in [-0.39, 0.29) is 24.0 Å². The van der Waals surface area contributed by atoms with Gasteiger partial charge in [0.1, 0.15) is 0 Å². The average molecular weight is 370 g/mol. The highest BCUT2D eigenvalue weighted by Gasteiger charge is 2.29. The van der Waals surface area contributed by atoms with E-state index >= 15 is 0 Å². The first kappa shape index (κ1) is 20.4. The molecule has 0 bridgehead atoms. The lowest BCUT2D eigenvalue weighted by molar-refractivity contribution is -0.124. The van der Waals surface area contributed by atoms with Crippen LogP contribution in [0.25, 0.3) is 0 Å². The van der Waals surface area contributed by atoms with E-state index in [9.17, 15) is 4.79 Å². The zero-order valence-corrected chi connectivity index (χ0v) is 17.5. The van der Waals surface area contributed by atoms with Crippen LogP contribution in [0.5, 0.6) is 0 Å². The Morgan fingerprint density at radius 1 is 0.962 bits per heavy atom. The summed E-state index contributed by atoms with van der Waals surface area (Å²) in [5.74, 6) is -0.0757. The Labute approximate surface area is 158 Å². The highest BCUT2D eigenvalue weighted by atomic mass is 28.4.